The summed E-state index contributed by atoms with van der Waals surface area (Å²) in [5.74, 6) is -3.22. The van der Waals surface area contributed by atoms with Crippen molar-refractivity contribution < 1.29 is 18.6 Å². The van der Waals surface area contributed by atoms with Gasteiger partial charge in [0, 0.05) is 38.1 Å². The first kappa shape index (κ1) is 17.0. The number of rotatable bonds is 6. The molecule has 0 bridgehead atoms. The minimum atomic E-state index is -2.61. The van der Waals surface area contributed by atoms with Gasteiger partial charge >= 0.3 is 0 Å². The molecule has 0 amide bonds. The zero-order valence-corrected chi connectivity index (χ0v) is 15.3. The quantitative estimate of drug-likeness (QED) is 0.637. The van der Waals surface area contributed by atoms with Crippen LogP contribution in [0.3, 0.4) is 0 Å². The van der Waals surface area contributed by atoms with Crippen molar-refractivity contribution in [2.24, 2.45) is 11.3 Å². The molecule has 0 radical (unpaired) electrons. The van der Waals surface area contributed by atoms with Crippen molar-refractivity contribution in [1.82, 2.24) is 9.78 Å². The molecule has 0 aromatic carbocycles. The predicted molar refractivity (Wildman–Crippen MR) is 86.2 cm³/mol. The van der Waals surface area contributed by atoms with Gasteiger partial charge in [0.1, 0.15) is 6.73 Å². The SMILES string of the molecule is C[C@@]12Cc3c(c(CO)nn3COCC[Si](C)(C)C)C[C@@H]1C2(F)F. The zero-order chi connectivity index (χ0) is 17.0. The van der Waals surface area contributed by atoms with E-state index in [0.29, 0.717) is 25.1 Å². The maximum absolute atomic E-state index is 14.0. The summed E-state index contributed by atoms with van der Waals surface area (Å²) in [7, 11) is -1.15. The van der Waals surface area contributed by atoms with E-state index in [9.17, 15) is 13.9 Å². The molecule has 0 aliphatic heterocycles. The molecule has 2 aliphatic rings. The maximum Gasteiger partial charge on any atom is 0.258 e. The lowest BCUT2D eigenvalue weighted by Gasteiger charge is -2.19. The van der Waals surface area contributed by atoms with Gasteiger partial charge in [-0.25, -0.2) is 13.5 Å². The Morgan fingerprint density at radius 1 is 1.39 bits per heavy atom. The first-order chi connectivity index (χ1) is 10.6. The third-order valence-corrected chi connectivity index (χ3v) is 7.14. The standard InChI is InChI=1S/C16H26F2N2O2Si/c1-15-8-13-11(7-14(15)16(15,17)18)12(9-21)19-20(13)10-22-5-6-23(2,3)4/h14,21H,5-10H2,1-4H3/t14-,15+/m0/s1. The molecule has 3 rings (SSSR count). The minimum absolute atomic E-state index is 0.209. The number of alkyl halides is 2. The fraction of sp³-hybridized carbons (Fsp3) is 0.812. The molecular formula is C16H26F2N2O2Si. The van der Waals surface area contributed by atoms with Gasteiger partial charge in [0.05, 0.1) is 12.3 Å². The number of nitrogens with zero attached hydrogens (tertiary/aromatic N) is 2. The second kappa shape index (κ2) is 5.36. The average Bonchev–Trinajstić information content (AvgIpc) is 2.75. The number of fused-ring (bicyclic) bond motifs is 2. The highest BCUT2D eigenvalue weighted by Gasteiger charge is 2.78. The molecule has 23 heavy (non-hydrogen) atoms. The number of ether oxygens (including phenoxy) is 1. The summed E-state index contributed by atoms with van der Waals surface area (Å²) >= 11 is 0. The summed E-state index contributed by atoms with van der Waals surface area (Å²) in [5.41, 5.74) is 1.19. The lowest BCUT2D eigenvalue weighted by molar-refractivity contribution is 0.0589. The van der Waals surface area contributed by atoms with E-state index in [2.05, 4.69) is 24.7 Å². The molecule has 0 spiro atoms. The van der Waals surface area contributed by atoms with E-state index >= 15 is 0 Å². The van der Waals surface area contributed by atoms with Crippen LogP contribution in [0.1, 0.15) is 23.9 Å². The van der Waals surface area contributed by atoms with Crippen LogP contribution in [0.4, 0.5) is 8.78 Å². The molecule has 1 heterocycles. The summed E-state index contributed by atoms with van der Waals surface area (Å²) in [6.45, 7) is 9.24. The Labute approximate surface area is 136 Å². The van der Waals surface area contributed by atoms with E-state index in [1.165, 1.54) is 0 Å². The first-order valence-electron chi connectivity index (χ1n) is 8.24. The van der Waals surface area contributed by atoms with Gasteiger partial charge in [-0.15, -0.1) is 0 Å². The van der Waals surface area contributed by atoms with Crippen molar-refractivity contribution in [3.05, 3.63) is 17.0 Å². The van der Waals surface area contributed by atoms with Crippen LogP contribution in [0.2, 0.25) is 25.7 Å². The van der Waals surface area contributed by atoms with E-state index < -0.39 is 25.3 Å². The molecule has 7 heteroatoms. The summed E-state index contributed by atoms with van der Waals surface area (Å²) in [5, 5.41) is 13.9. The van der Waals surface area contributed by atoms with Gasteiger partial charge in [-0.2, -0.15) is 5.10 Å². The Morgan fingerprint density at radius 3 is 2.70 bits per heavy atom. The summed E-state index contributed by atoms with van der Waals surface area (Å²) in [6.07, 6.45) is 0.619. The number of halogens is 2. The van der Waals surface area contributed by atoms with Crippen LogP contribution in [0.15, 0.2) is 0 Å². The summed E-state index contributed by atoms with van der Waals surface area (Å²) in [6, 6.07) is 1.06. The second-order valence-corrected chi connectivity index (χ2v) is 14.0. The van der Waals surface area contributed by atoms with Crippen molar-refractivity contribution in [1.29, 1.82) is 0 Å². The van der Waals surface area contributed by atoms with Crippen LogP contribution < -0.4 is 0 Å². The van der Waals surface area contributed by atoms with Gasteiger partial charge in [0.2, 0.25) is 0 Å². The van der Waals surface area contributed by atoms with Crippen LogP contribution in [0, 0.1) is 11.3 Å². The van der Waals surface area contributed by atoms with E-state index in [1.54, 1.807) is 11.6 Å². The maximum atomic E-state index is 14.0. The van der Waals surface area contributed by atoms with E-state index in [1.807, 2.05) is 0 Å². The number of aliphatic hydroxyl groups excluding tert-OH is 1. The zero-order valence-electron chi connectivity index (χ0n) is 14.3. The Balaban J connectivity index is 1.73. The highest BCUT2D eigenvalue weighted by Crippen LogP contribution is 2.70. The molecule has 0 saturated heterocycles. The van der Waals surface area contributed by atoms with Gasteiger partial charge in [-0.3, -0.25) is 0 Å². The van der Waals surface area contributed by atoms with Crippen LogP contribution in [-0.2, 0) is 30.9 Å². The molecule has 1 aromatic heterocycles. The molecule has 130 valence electrons. The molecular weight excluding hydrogens is 318 g/mol. The van der Waals surface area contributed by atoms with Crippen LogP contribution in [0.5, 0.6) is 0 Å². The molecule has 2 atom stereocenters. The Hall–Kier alpha value is -0.793. The highest BCUT2D eigenvalue weighted by atomic mass is 28.3. The predicted octanol–water partition coefficient (Wildman–Crippen LogP) is 3.06. The van der Waals surface area contributed by atoms with Crippen molar-refractivity contribution in [3.63, 3.8) is 0 Å². The topological polar surface area (TPSA) is 47.3 Å². The largest absolute Gasteiger partial charge is 0.390 e. The normalized spacial score (nSPS) is 28.4. The van der Waals surface area contributed by atoms with Crippen LogP contribution >= 0.6 is 0 Å². The second-order valence-electron chi connectivity index (χ2n) is 8.35. The third-order valence-electron chi connectivity index (χ3n) is 5.44. The lowest BCUT2D eigenvalue weighted by atomic mass is 9.87. The van der Waals surface area contributed by atoms with Gasteiger partial charge in [0.25, 0.3) is 5.92 Å². The molecule has 0 unspecified atom stereocenters. The van der Waals surface area contributed by atoms with Crippen LogP contribution in [0.25, 0.3) is 0 Å². The van der Waals surface area contributed by atoms with Crippen molar-refractivity contribution in [2.45, 2.75) is 64.7 Å². The van der Waals surface area contributed by atoms with Gasteiger partial charge in [0.15, 0.2) is 0 Å². The Bertz CT molecular complexity index is 612. The minimum Gasteiger partial charge on any atom is -0.390 e. The van der Waals surface area contributed by atoms with Crippen molar-refractivity contribution in [2.75, 3.05) is 6.61 Å². The number of hydrogen-bond acceptors (Lipinski definition) is 3. The summed E-state index contributed by atoms with van der Waals surface area (Å²) < 4.78 is 35.4. The third kappa shape index (κ3) is 2.76. The van der Waals surface area contributed by atoms with Gasteiger partial charge in [-0.1, -0.05) is 26.6 Å². The first-order valence-corrected chi connectivity index (χ1v) is 11.9. The summed E-state index contributed by atoms with van der Waals surface area (Å²) in [4.78, 5) is 0. The lowest BCUT2D eigenvalue weighted by Crippen LogP contribution is -2.23. The molecule has 1 fully saturated rings. The number of aliphatic hydroxyl groups is 1. The van der Waals surface area contributed by atoms with E-state index in [0.717, 1.165) is 17.3 Å². The number of aromatic nitrogens is 2. The molecule has 1 saturated carbocycles. The fourth-order valence-corrected chi connectivity index (χ4v) is 4.36. The molecule has 4 nitrogen and oxygen atoms in total. The molecule has 2 aliphatic carbocycles. The highest BCUT2D eigenvalue weighted by molar-refractivity contribution is 6.76. The van der Waals surface area contributed by atoms with Crippen molar-refractivity contribution >= 4 is 8.07 Å². The fourth-order valence-electron chi connectivity index (χ4n) is 3.61. The van der Waals surface area contributed by atoms with E-state index in [4.69, 9.17) is 4.74 Å². The van der Waals surface area contributed by atoms with Gasteiger partial charge < -0.3 is 9.84 Å². The van der Waals surface area contributed by atoms with Crippen LogP contribution in [-0.4, -0.2) is 35.5 Å². The smallest absolute Gasteiger partial charge is 0.258 e. The number of hydrogen-bond donors (Lipinski definition) is 1. The van der Waals surface area contributed by atoms with E-state index in [-0.39, 0.29) is 13.3 Å². The van der Waals surface area contributed by atoms with Gasteiger partial charge in [-0.05, 0) is 18.0 Å². The Kier molecular flexibility index (Phi) is 3.97. The molecule has 1 N–H and O–H groups in total. The van der Waals surface area contributed by atoms with Crippen molar-refractivity contribution in [3.8, 4) is 0 Å². The Morgan fingerprint density at radius 2 is 2.09 bits per heavy atom. The monoisotopic (exact) mass is 344 g/mol. The molecule has 1 aromatic rings. The average molecular weight is 344 g/mol.